The van der Waals surface area contributed by atoms with E-state index in [0.29, 0.717) is 0 Å². The van der Waals surface area contributed by atoms with Gasteiger partial charge in [0.1, 0.15) is 0 Å². The summed E-state index contributed by atoms with van der Waals surface area (Å²) in [6, 6.07) is 0.721. The van der Waals surface area contributed by atoms with Gasteiger partial charge in [0.15, 0.2) is 0 Å². The molecule has 0 aromatic carbocycles. The number of likely N-dealkylation sites (tertiary alicyclic amines) is 1. The van der Waals surface area contributed by atoms with Crippen LogP contribution in [0, 0.1) is 11.8 Å². The highest BCUT2D eigenvalue weighted by molar-refractivity contribution is 4.98. The second-order valence-corrected chi connectivity index (χ2v) is 3.89. The first kappa shape index (κ1) is 7.56. The molecule has 0 amide bonds. The van der Waals surface area contributed by atoms with E-state index in [1.165, 1.54) is 25.9 Å². The van der Waals surface area contributed by atoms with Crippen molar-refractivity contribution in [3.8, 4) is 0 Å². The lowest BCUT2D eigenvalue weighted by Crippen LogP contribution is -2.40. The van der Waals surface area contributed by atoms with E-state index in [1.54, 1.807) is 0 Å². The summed E-state index contributed by atoms with van der Waals surface area (Å²) in [6.07, 6.45) is 2.89. The second-order valence-electron chi connectivity index (χ2n) is 3.89. The third-order valence-electron chi connectivity index (χ3n) is 3.56. The molecule has 2 nitrogen and oxygen atoms in total. The molecular formula is C9H18N2. The quantitative estimate of drug-likeness (QED) is 0.633. The SMILES string of the molecule is CCN1CC2CCC2C1CN. The van der Waals surface area contributed by atoms with Crippen LogP contribution in [0.4, 0.5) is 0 Å². The van der Waals surface area contributed by atoms with E-state index in [-0.39, 0.29) is 0 Å². The van der Waals surface area contributed by atoms with Crippen LogP contribution < -0.4 is 5.73 Å². The molecule has 0 radical (unpaired) electrons. The molecule has 0 bridgehead atoms. The lowest BCUT2D eigenvalue weighted by molar-refractivity contribution is 0.192. The summed E-state index contributed by atoms with van der Waals surface area (Å²) < 4.78 is 0. The van der Waals surface area contributed by atoms with E-state index in [0.717, 1.165) is 24.4 Å². The maximum Gasteiger partial charge on any atom is 0.0249 e. The van der Waals surface area contributed by atoms with Crippen molar-refractivity contribution in [3.63, 3.8) is 0 Å². The molecule has 0 aromatic rings. The van der Waals surface area contributed by atoms with Crippen molar-refractivity contribution in [1.29, 1.82) is 0 Å². The zero-order valence-corrected chi connectivity index (χ0v) is 7.29. The Labute approximate surface area is 68.7 Å². The first-order valence-corrected chi connectivity index (χ1v) is 4.81. The maximum absolute atomic E-state index is 5.74. The molecule has 2 heteroatoms. The average molecular weight is 154 g/mol. The molecule has 2 rings (SSSR count). The van der Waals surface area contributed by atoms with Gasteiger partial charge in [0.2, 0.25) is 0 Å². The van der Waals surface area contributed by atoms with Gasteiger partial charge in [0.25, 0.3) is 0 Å². The van der Waals surface area contributed by atoms with Crippen LogP contribution in [-0.4, -0.2) is 30.6 Å². The molecule has 3 unspecified atom stereocenters. The number of fused-ring (bicyclic) bond motifs is 1. The Balaban J connectivity index is 2.02. The van der Waals surface area contributed by atoms with E-state index in [9.17, 15) is 0 Å². The number of hydrogen-bond acceptors (Lipinski definition) is 2. The molecule has 1 saturated heterocycles. The third-order valence-corrected chi connectivity index (χ3v) is 3.56. The largest absolute Gasteiger partial charge is 0.329 e. The Morgan fingerprint density at radius 3 is 2.73 bits per heavy atom. The van der Waals surface area contributed by atoms with E-state index in [1.807, 2.05) is 0 Å². The number of nitrogens with two attached hydrogens (primary N) is 1. The van der Waals surface area contributed by atoms with Crippen LogP contribution in [0.5, 0.6) is 0 Å². The van der Waals surface area contributed by atoms with E-state index < -0.39 is 0 Å². The van der Waals surface area contributed by atoms with Crippen LogP contribution in [0.3, 0.4) is 0 Å². The summed E-state index contributed by atoms with van der Waals surface area (Å²) in [6.45, 7) is 5.63. The Bertz CT molecular complexity index is 146. The highest BCUT2D eigenvalue weighted by atomic mass is 15.2. The van der Waals surface area contributed by atoms with Crippen LogP contribution >= 0.6 is 0 Å². The number of nitrogens with zero attached hydrogens (tertiary/aromatic N) is 1. The Morgan fingerprint density at radius 2 is 2.27 bits per heavy atom. The summed E-state index contributed by atoms with van der Waals surface area (Å²) in [5.74, 6) is 1.96. The van der Waals surface area contributed by atoms with Gasteiger partial charge in [-0.05, 0) is 31.2 Å². The lowest BCUT2D eigenvalue weighted by Gasteiger charge is -2.33. The smallest absolute Gasteiger partial charge is 0.0249 e. The van der Waals surface area contributed by atoms with Gasteiger partial charge in [-0.25, -0.2) is 0 Å². The van der Waals surface area contributed by atoms with Gasteiger partial charge in [-0.2, -0.15) is 0 Å². The Hall–Kier alpha value is -0.0800. The third kappa shape index (κ3) is 1.00. The summed E-state index contributed by atoms with van der Waals surface area (Å²) in [5.41, 5.74) is 5.74. The molecule has 0 aromatic heterocycles. The van der Waals surface area contributed by atoms with Crippen LogP contribution in [0.15, 0.2) is 0 Å². The molecular weight excluding hydrogens is 136 g/mol. The van der Waals surface area contributed by atoms with Crippen molar-refractivity contribution in [2.45, 2.75) is 25.8 Å². The molecule has 1 heterocycles. The molecule has 0 spiro atoms. The summed E-state index contributed by atoms with van der Waals surface area (Å²) in [5, 5.41) is 0. The van der Waals surface area contributed by atoms with Crippen molar-refractivity contribution in [2.75, 3.05) is 19.6 Å². The molecule has 2 aliphatic rings. The van der Waals surface area contributed by atoms with E-state index in [2.05, 4.69) is 11.8 Å². The van der Waals surface area contributed by atoms with E-state index >= 15 is 0 Å². The molecule has 64 valence electrons. The molecule has 3 atom stereocenters. The molecule has 1 aliphatic carbocycles. The van der Waals surface area contributed by atoms with Crippen LogP contribution in [0.25, 0.3) is 0 Å². The molecule has 11 heavy (non-hydrogen) atoms. The fourth-order valence-electron chi connectivity index (χ4n) is 2.72. The predicted molar refractivity (Wildman–Crippen MR) is 46.3 cm³/mol. The Morgan fingerprint density at radius 1 is 1.45 bits per heavy atom. The first-order valence-electron chi connectivity index (χ1n) is 4.81. The molecule has 2 N–H and O–H groups in total. The average Bonchev–Trinajstić information content (AvgIpc) is 2.23. The Kier molecular flexibility index (Phi) is 1.90. The van der Waals surface area contributed by atoms with Gasteiger partial charge >= 0.3 is 0 Å². The fourth-order valence-corrected chi connectivity index (χ4v) is 2.72. The highest BCUT2D eigenvalue weighted by Crippen LogP contribution is 2.44. The van der Waals surface area contributed by atoms with Gasteiger partial charge in [0, 0.05) is 19.1 Å². The van der Waals surface area contributed by atoms with Crippen LogP contribution in [0.1, 0.15) is 19.8 Å². The summed E-state index contributed by atoms with van der Waals surface area (Å²) >= 11 is 0. The van der Waals surface area contributed by atoms with Crippen LogP contribution in [-0.2, 0) is 0 Å². The van der Waals surface area contributed by atoms with Crippen molar-refractivity contribution in [3.05, 3.63) is 0 Å². The number of rotatable bonds is 2. The number of hydrogen-bond donors (Lipinski definition) is 1. The molecule has 1 aliphatic heterocycles. The zero-order valence-electron chi connectivity index (χ0n) is 7.29. The summed E-state index contributed by atoms with van der Waals surface area (Å²) in [4.78, 5) is 2.56. The highest BCUT2D eigenvalue weighted by Gasteiger charge is 2.45. The topological polar surface area (TPSA) is 29.3 Å². The lowest BCUT2D eigenvalue weighted by atomic mass is 9.73. The normalized spacial score (nSPS) is 43.6. The van der Waals surface area contributed by atoms with Gasteiger partial charge < -0.3 is 5.73 Å². The first-order chi connectivity index (χ1) is 5.36. The van der Waals surface area contributed by atoms with Crippen LogP contribution in [0.2, 0.25) is 0 Å². The minimum atomic E-state index is 0.721. The fraction of sp³-hybridized carbons (Fsp3) is 1.00. The summed E-state index contributed by atoms with van der Waals surface area (Å²) in [7, 11) is 0. The zero-order chi connectivity index (χ0) is 7.84. The van der Waals surface area contributed by atoms with Gasteiger partial charge in [-0.15, -0.1) is 0 Å². The molecule has 1 saturated carbocycles. The standard InChI is InChI=1S/C9H18N2/c1-2-11-6-7-3-4-8(7)9(11)5-10/h7-9H,2-6,10H2,1H3. The maximum atomic E-state index is 5.74. The van der Waals surface area contributed by atoms with Gasteiger partial charge in [-0.3, -0.25) is 4.90 Å². The minimum absolute atomic E-state index is 0.721. The predicted octanol–water partition coefficient (Wildman–Crippen LogP) is 0.675. The van der Waals surface area contributed by atoms with Crippen molar-refractivity contribution >= 4 is 0 Å². The van der Waals surface area contributed by atoms with Gasteiger partial charge in [-0.1, -0.05) is 6.92 Å². The number of likely N-dealkylation sites (N-methyl/N-ethyl adjacent to an activating group) is 1. The minimum Gasteiger partial charge on any atom is -0.329 e. The monoisotopic (exact) mass is 154 g/mol. The van der Waals surface area contributed by atoms with E-state index in [4.69, 9.17) is 5.73 Å². The van der Waals surface area contributed by atoms with Crippen molar-refractivity contribution in [2.24, 2.45) is 17.6 Å². The molecule has 2 fully saturated rings. The van der Waals surface area contributed by atoms with Crippen molar-refractivity contribution in [1.82, 2.24) is 4.90 Å². The second kappa shape index (κ2) is 2.76. The van der Waals surface area contributed by atoms with Gasteiger partial charge in [0.05, 0.1) is 0 Å². The van der Waals surface area contributed by atoms with Crippen molar-refractivity contribution < 1.29 is 0 Å².